The third kappa shape index (κ3) is 4.58. The molecule has 1 N–H and O–H groups in total. The number of amides is 1. The number of carbonyl (C=O) groups is 1. The minimum Gasteiger partial charge on any atom is -0.493 e. The van der Waals surface area contributed by atoms with Crippen LogP contribution in [0.4, 0.5) is 5.69 Å². The van der Waals surface area contributed by atoms with Gasteiger partial charge in [0.05, 0.1) is 34.4 Å². The fraction of sp³-hybridized carbons (Fsp3) is 0.158. The van der Waals surface area contributed by atoms with Gasteiger partial charge in [-0.05, 0) is 54.6 Å². The van der Waals surface area contributed by atoms with Gasteiger partial charge in [-0.2, -0.15) is 0 Å². The lowest BCUT2D eigenvalue weighted by molar-refractivity contribution is -0.115. The van der Waals surface area contributed by atoms with E-state index in [-0.39, 0.29) is 5.91 Å². The first-order valence-electron chi connectivity index (χ1n) is 8.06. The van der Waals surface area contributed by atoms with Crippen LogP contribution in [0.15, 0.2) is 46.3 Å². The highest BCUT2D eigenvalue weighted by atomic mass is 35.5. The first-order chi connectivity index (χ1) is 13.0. The van der Waals surface area contributed by atoms with Gasteiger partial charge in [0, 0.05) is 0 Å². The molecule has 2 aromatic rings. The molecular formula is C19H16Cl2N2O3S. The number of nitrogens with zero attached hydrogens (tertiary/aromatic N) is 1. The van der Waals surface area contributed by atoms with Crippen LogP contribution in [-0.2, 0) is 4.79 Å². The highest BCUT2D eigenvalue weighted by molar-refractivity contribution is 8.18. The molecule has 27 heavy (non-hydrogen) atoms. The lowest BCUT2D eigenvalue weighted by Gasteiger charge is -2.09. The van der Waals surface area contributed by atoms with Crippen LogP contribution in [0, 0.1) is 0 Å². The topological polar surface area (TPSA) is 59.9 Å². The Kier molecular flexibility index (Phi) is 6.31. The van der Waals surface area contributed by atoms with E-state index in [1.807, 2.05) is 25.1 Å². The SMILES string of the molecule is CCOc1ccc(/C=C2\SC(=Nc3cccc(Cl)c3Cl)NC2=O)cc1OC. The molecule has 1 aliphatic rings. The molecule has 0 bridgehead atoms. The molecule has 0 atom stereocenters. The number of rotatable bonds is 5. The van der Waals surface area contributed by atoms with E-state index in [9.17, 15) is 4.79 Å². The molecule has 0 spiro atoms. The molecule has 8 heteroatoms. The predicted molar refractivity (Wildman–Crippen MR) is 111 cm³/mol. The fourth-order valence-corrected chi connectivity index (χ4v) is 3.54. The molecule has 0 aliphatic carbocycles. The molecule has 1 saturated heterocycles. The molecule has 0 saturated carbocycles. The molecule has 1 aliphatic heterocycles. The number of thioether (sulfide) groups is 1. The number of hydrogen-bond acceptors (Lipinski definition) is 5. The van der Waals surface area contributed by atoms with Gasteiger partial charge in [-0.3, -0.25) is 4.79 Å². The molecule has 1 fully saturated rings. The Hall–Kier alpha value is -2.15. The molecule has 1 amide bonds. The van der Waals surface area contributed by atoms with Crippen molar-refractivity contribution >= 4 is 57.8 Å². The maximum Gasteiger partial charge on any atom is 0.264 e. The van der Waals surface area contributed by atoms with Gasteiger partial charge in [0.1, 0.15) is 0 Å². The van der Waals surface area contributed by atoms with Crippen LogP contribution in [0.1, 0.15) is 12.5 Å². The minimum atomic E-state index is -0.232. The van der Waals surface area contributed by atoms with Crippen molar-refractivity contribution in [2.45, 2.75) is 6.92 Å². The van der Waals surface area contributed by atoms with Gasteiger partial charge < -0.3 is 14.8 Å². The highest BCUT2D eigenvalue weighted by Crippen LogP contribution is 2.35. The van der Waals surface area contributed by atoms with Crippen molar-refractivity contribution in [2.75, 3.05) is 13.7 Å². The normalized spacial score (nSPS) is 16.7. The van der Waals surface area contributed by atoms with Crippen molar-refractivity contribution in [3.05, 3.63) is 56.9 Å². The van der Waals surface area contributed by atoms with Crippen LogP contribution < -0.4 is 14.8 Å². The quantitative estimate of drug-likeness (QED) is 0.664. The van der Waals surface area contributed by atoms with E-state index in [0.717, 1.165) is 5.56 Å². The number of nitrogens with one attached hydrogen (secondary N) is 1. The summed E-state index contributed by atoms with van der Waals surface area (Å²) in [6.07, 6.45) is 1.76. The van der Waals surface area contributed by atoms with Crippen molar-refractivity contribution in [3.63, 3.8) is 0 Å². The van der Waals surface area contributed by atoms with Crippen LogP contribution >= 0.6 is 35.0 Å². The van der Waals surface area contributed by atoms with E-state index in [1.54, 1.807) is 31.4 Å². The average molecular weight is 423 g/mol. The molecule has 140 valence electrons. The molecule has 0 aromatic heterocycles. The van der Waals surface area contributed by atoms with Crippen molar-refractivity contribution in [1.82, 2.24) is 5.32 Å². The van der Waals surface area contributed by atoms with Crippen molar-refractivity contribution < 1.29 is 14.3 Å². The monoisotopic (exact) mass is 422 g/mol. The van der Waals surface area contributed by atoms with E-state index in [2.05, 4.69) is 10.3 Å². The number of methoxy groups -OCH3 is 1. The summed E-state index contributed by atoms with van der Waals surface area (Å²) < 4.78 is 10.8. The summed E-state index contributed by atoms with van der Waals surface area (Å²) in [4.78, 5) is 17.1. The van der Waals surface area contributed by atoms with Gasteiger partial charge in [-0.25, -0.2) is 4.99 Å². The summed E-state index contributed by atoms with van der Waals surface area (Å²) in [5.74, 6) is 1.03. The summed E-state index contributed by atoms with van der Waals surface area (Å²) in [5, 5.41) is 3.92. The van der Waals surface area contributed by atoms with Crippen molar-refractivity contribution in [2.24, 2.45) is 4.99 Å². The molecule has 5 nitrogen and oxygen atoms in total. The van der Waals surface area contributed by atoms with Crippen LogP contribution in [-0.4, -0.2) is 24.8 Å². The van der Waals surface area contributed by atoms with Gasteiger partial charge in [0.2, 0.25) is 0 Å². The zero-order chi connectivity index (χ0) is 19.4. The molecular weight excluding hydrogens is 407 g/mol. The zero-order valence-electron chi connectivity index (χ0n) is 14.6. The van der Waals surface area contributed by atoms with Gasteiger partial charge in [0.15, 0.2) is 16.7 Å². The lowest BCUT2D eigenvalue weighted by atomic mass is 10.2. The van der Waals surface area contributed by atoms with E-state index in [0.29, 0.717) is 43.9 Å². The number of carbonyl (C=O) groups excluding carboxylic acids is 1. The van der Waals surface area contributed by atoms with Gasteiger partial charge in [-0.1, -0.05) is 35.3 Å². The molecule has 0 radical (unpaired) electrons. The second kappa shape index (κ2) is 8.69. The van der Waals surface area contributed by atoms with Crippen molar-refractivity contribution in [1.29, 1.82) is 0 Å². The van der Waals surface area contributed by atoms with Crippen LogP contribution in [0.5, 0.6) is 11.5 Å². The third-order valence-electron chi connectivity index (χ3n) is 3.59. The Labute approximate surface area is 171 Å². The van der Waals surface area contributed by atoms with Gasteiger partial charge in [0.25, 0.3) is 5.91 Å². The first-order valence-corrected chi connectivity index (χ1v) is 9.63. The summed E-state index contributed by atoms with van der Waals surface area (Å²) in [7, 11) is 1.57. The smallest absolute Gasteiger partial charge is 0.264 e. The maximum atomic E-state index is 12.3. The number of benzene rings is 2. The van der Waals surface area contributed by atoms with Crippen LogP contribution in [0.2, 0.25) is 10.0 Å². The van der Waals surface area contributed by atoms with E-state index < -0.39 is 0 Å². The predicted octanol–water partition coefficient (Wildman–Crippen LogP) is 5.29. The second-order valence-corrected chi connectivity index (χ2v) is 7.21. The summed E-state index contributed by atoms with van der Waals surface area (Å²) in [5.41, 5.74) is 1.31. The summed E-state index contributed by atoms with van der Waals surface area (Å²) in [6.45, 7) is 2.45. The number of aliphatic imine (C=N–C) groups is 1. The number of ether oxygens (including phenoxy) is 2. The zero-order valence-corrected chi connectivity index (χ0v) is 16.9. The van der Waals surface area contributed by atoms with Crippen molar-refractivity contribution in [3.8, 4) is 11.5 Å². The average Bonchev–Trinajstić information content (AvgIpc) is 2.99. The Morgan fingerprint density at radius 1 is 1.22 bits per heavy atom. The van der Waals surface area contributed by atoms with E-state index in [4.69, 9.17) is 32.7 Å². The number of hydrogen-bond donors (Lipinski definition) is 1. The second-order valence-electron chi connectivity index (χ2n) is 5.40. The Morgan fingerprint density at radius 3 is 2.78 bits per heavy atom. The van der Waals surface area contributed by atoms with Crippen LogP contribution in [0.25, 0.3) is 6.08 Å². The number of halogens is 2. The Balaban J connectivity index is 1.85. The van der Waals surface area contributed by atoms with E-state index >= 15 is 0 Å². The van der Waals surface area contributed by atoms with Gasteiger partial charge in [-0.15, -0.1) is 0 Å². The maximum absolute atomic E-state index is 12.3. The van der Waals surface area contributed by atoms with E-state index in [1.165, 1.54) is 11.8 Å². The third-order valence-corrected chi connectivity index (χ3v) is 5.31. The van der Waals surface area contributed by atoms with Crippen LogP contribution in [0.3, 0.4) is 0 Å². The molecule has 1 heterocycles. The Morgan fingerprint density at radius 2 is 2.04 bits per heavy atom. The first kappa shape index (κ1) is 19.6. The number of amidine groups is 1. The summed E-state index contributed by atoms with van der Waals surface area (Å²) >= 11 is 13.4. The molecule has 0 unspecified atom stereocenters. The minimum absolute atomic E-state index is 0.232. The largest absolute Gasteiger partial charge is 0.493 e. The highest BCUT2D eigenvalue weighted by Gasteiger charge is 2.24. The molecule has 2 aromatic carbocycles. The lowest BCUT2D eigenvalue weighted by Crippen LogP contribution is -2.19. The summed E-state index contributed by atoms with van der Waals surface area (Å²) in [6, 6.07) is 10.6. The fourth-order valence-electron chi connectivity index (χ4n) is 2.37. The Bertz CT molecular complexity index is 945. The van der Waals surface area contributed by atoms with Gasteiger partial charge >= 0.3 is 0 Å². The molecule has 3 rings (SSSR count). The standard InChI is InChI=1S/C19H16Cl2N2O3S/c1-3-26-14-8-7-11(9-15(14)25-2)10-16-18(24)23-19(27-16)22-13-6-4-5-12(20)17(13)21/h4-10H,3H2,1-2H3,(H,22,23,24)/b16-10-.